The number of anilines is 1. The maximum absolute atomic E-state index is 13.0. The second kappa shape index (κ2) is 8.64. The first-order valence-corrected chi connectivity index (χ1v) is 9.92. The van der Waals surface area contributed by atoms with Crippen LogP contribution in [0, 0.1) is 0 Å². The van der Waals surface area contributed by atoms with E-state index in [9.17, 15) is 4.79 Å². The van der Waals surface area contributed by atoms with Crippen molar-refractivity contribution >= 4 is 34.7 Å². The summed E-state index contributed by atoms with van der Waals surface area (Å²) in [6.45, 7) is 0.737. The van der Waals surface area contributed by atoms with Crippen molar-refractivity contribution in [2.45, 2.75) is 31.7 Å². The van der Waals surface area contributed by atoms with E-state index in [1.54, 1.807) is 37.7 Å². The summed E-state index contributed by atoms with van der Waals surface area (Å²) in [7, 11) is 3.10. The van der Waals surface area contributed by atoms with Crippen LogP contribution in [0.1, 0.15) is 36.6 Å². The standard InChI is InChI=1S/C19H23ClN2O3S/c1-24-16-12-17(25-2)14(11-13(16)20)21-19(23)22-9-5-3-4-7-15(22)18-8-6-10-26-18/h6,8,10-12,15H,3-5,7,9H2,1-2H3,(H,21,23)/t15-/m1/s1. The van der Waals surface area contributed by atoms with Crippen LogP contribution in [-0.2, 0) is 0 Å². The Bertz CT molecular complexity index is 751. The molecule has 1 saturated heterocycles. The summed E-state index contributed by atoms with van der Waals surface area (Å²) < 4.78 is 10.6. The van der Waals surface area contributed by atoms with Crippen molar-refractivity contribution in [1.29, 1.82) is 0 Å². The van der Waals surface area contributed by atoms with Crippen LogP contribution in [0.25, 0.3) is 0 Å². The first-order valence-electron chi connectivity index (χ1n) is 8.66. The topological polar surface area (TPSA) is 50.8 Å². The van der Waals surface area contributed by atoms with Crippen LogP contribution in [0.15, 0.2) is 29.6 Å². The Labute approximate surface area is 162 Å². The summed E-state index contributed by atoms with van der Waals surface area (Å²) in [5, 5.41) is 5.45. The molecule has 0 radical (unpaired) electrons. The van der Waals surface area contributed by atoms with Gasteiger partial charge in [-0.25, -0.2) is 4.79 Å². The summed E-state index contributed by atoms with van der Waals surface area (Å²) >= 11 is 7.92. The summed E-state index contributed by atoms with van der Waals surface area (Å²) in [6.07, 6.45) is 4.26. The van der Waals surface area contributed by atoms with E-state index in [1.165, 1.54) is 4.88 Å². The fourth-order valence-corrected chi connectivity index (χ4v) is 4.39. The van der Waals surface area contributed by atoms with Crippen LogP contribution in [0.2, 0.25) is 5.02 Å². The van der Waals surface area contributed by atoms with Crippen LogP contribution in [0.4, 0.5) is 10.5 Å². The van der Waals surface area contributed by atoms with E-state index in [4.69, 9.17) is 21.1 Å². The lowest BCUT2D eigenvalue weighted by atomic mass is 10.1. The lowest BCUT2D eigenvalue weighted by molar-refractivity contribution is 0.190. The van der Waals surface area contributed by atoms with Gasteiger partial charge in [0.2, 0.25) is 0 Å². The van der Waals surface area contributed by atoms with Gasteiger partial charge in [-0.1, -0.05) is 30.5 Å². The number of thiophene rings is 1. The molecule has 3 rings (SSSR count). The monoisotopic (exact) mass is 394 g/mol. The molecule has 0 saturated carbocycles. The lowest BCUT2D eigenvalue weighted by Crippen LogP contribution is -2.37. The molecule has 0 bridgehead atoms. The number of halogens is 1. The van der Waals surface area contributed by atoms with Crippen LogP contribution in [0.3, 0.4) is 0 Å². The molecule has 2 aromatic rings. The number of carbonyl (C=O) groups is 1. The minimum absolute atomic E-state index is 0.109. The maximum Gasteiger partial charge on any atom is 0.322 e. The highest BCUT2D eigenvalue weighted by Crippen LogP contribution is 2.37. The number of ether oxygens (including phenoxy) is 2. The van der Waals surface area contributed by atoms with E-state index in [0.717, 1.165) is 32.2 Å². The van der Waals surface area contributed by atoms with Crippen molar-refractivity contribution in [1.82, 2.24) is 4.90 Å². The Morgan fingerprint density at radius 3 is 2.73 bits per heavy atom. The molecule has 5 nitrogen and oxygen atoms in total. The quantitative estimate of drug-likeness (QED) is 0.737. The van der Waals surface area contributed by atoms with Gasteiger partial charge in [-0.2, -0.15) is 0 Å². The van der Waals surface area contributed by atoms with Gasteiger partial charge in [-0.05, 0) is 30.4 Å². The van der Waals surface area contributed by atoms with Gasteiger partial charge in [0.15, 0.2) is 0 Å². The molecule has 1 aliphatic heterocycles. The average Bonchev–Trinajstić information content (AvgIpc) is 3.06. The van der Waals surface area contributed by atoms with Crippen molar-refractivity contribution < 1.29 is 14.3 Å². The Kier molecular flexibility index (Phi) is 6.27. The number of carbonyl (C=O) groups excluding carboxylic acids is 1. The summed E-state index contributed by atoms with van der Waals surface area (Å²) in [5.41, 5.74) is 0.539. The van der Waals surface area contributed by atoms with E-state index in [0.29, 0.717) is 22.2 Å². The predicted octanol–water partition coefficient (Wildman–Crippen LogP) is 5.57. The highest BCUT2D eigenvalue weighted by atomic mass is 35.5. The molecule has 1 aromatic carbocycles. The number of hydrogen-bond donors (Lipinski definition) is 1. The number of hydrogen-bond acceptors (Lipinski definition) is 4. The zero-order valence-electron chi connectivity index (χ0n) is 15.0. The Morgan fingerprint density at radius 1 is 1.23 bits per heavy atom. The first-order chi connectivity index (χ1) is 12.6. The number of likely N-dealkylation sites (tertiary alicyclic amines) is 1. The maximum atomic E-state index is 13.0. The van der Waals surface area contributed by atoms with Crippen LogP contribution >= 0.6 is 22.9 Å². The summed E-state index contributed by atoms with van der Waals surface area (Å²) in [5.74, 6) is 1.02. The Balaban J connectivity index is 1.84. The normalized spacial score (nSPS) is 17.5. The number of nitrogens with zero attached hydrogens (tertiary/aromatic N) is 1. The minimum Gasteiger partial charge on any atom is -0.495 e. The molecule has 0 unspecified atom stereocenters. The van der Waals surface area contributed by atoms with E-state index < -0.39 is 0 Å². The van der Waals surface area contributed by atoms with Gasteiger partial charge in [0.1, 0.15) is 11.5 Å². The van der Waals surface area contributed by atoms with Gasteiger partial charge in [-0.15, -0.1) is 11.3 Å². The van der Waals surface area contributed by atoms with Gasteiger partial charge in [-0.3, -0.25) is 0 Å². The molecule has 1 aliphatic rings. The molecule has 140 valence electrons. The third-order valence-electron chi connectivity index (χ3n) is 4.60. The molecule has 26 heavy (non-hydrogen) atoms. The first kappa shape index (κ1) is 18.9. The van der Waals surface area contributed by atoms with E-state index in [2.05, 4.69) is 16.8 Å². The zero-order valence-corrected chi connectivity index (χ0v) is 16.5. The molecular formula is C19H23ClN2O3S. The molecule has 1 atom stereocenters. The average molecular weight is 395 g/mol. The number of amides is 2. The number of urea groups is 1. The molecule has 0 spiro atoms. The fourth-order valence-electron chi connectivity index (χ4n) is 3.27. The number of benzene rings is 1. The number of nitrogens with one attached hydrogen (secondary N) is 1. The smallest absolute Gasteiger partial charge is 0.322 e. The molecule has 2 heterocycles. The van der Waals surface area contributed by atoms with E-state index >= 15 is 0 Å². The Morgan fingerprint density at radius 2 is 2.04 bits per heavy atom. The van der Waals surface area contributed by atoms with Crippen molar-refractivity contribution in [3.05, 3.63) is 39.5 Å². The van der Waals surface area contributed by atoms with Crippen molar-refractivity contribution in [2.75, 3.05) is 26.1 Å². The predicted molar refractivity (Wildman–Crippen MR) is 106 cm³/mol. The second-order valence-corrected chi connectivity index (χ2v) is 7.58. The summed E-state index contributed by atoms with van der Waals surface area (Å²) in [6, 6.07) is 7.45. The van der Waals surface area contributed by atoms with Crippen LogP contribution in [0.5, 0.6) is 11.5 Å². The van der Waals surface area contributed by atoms with Gasteiger partial charge >= 0.3 is 6.03 Å². The molecule has 2 amide bonds. The molecule has 1 fully saturated rings. The molecular weight excluding hydrogens is 372 g/mol. The molecule has 1 N–H and O–H groups in total. The third-order valence-corrected chi connectivity index (χ3v) is 5.87. The van der Waals surface area contributed by atoms with Gasteiger partial charge in [0.25, 0.3) is 0 Å². The zero-order chi connectivity index (χ0) is 18.5. The molecule has 7 heteroatoms. The van der Waals surface area contributed by atoms with Gasteiger partial charge < -0.3 is 19.7 Å². The van der Waals surface area contributed by atoms with E-state index in [-0.39, 0.29) is 12.1 Å². The van der Waals surface area contributed by atoms with Crippen molar-refractivity contribution in [3.63, 3.8) is 0 Å². The fraction of sp³-hybridized carbons (Fsp3) is 0.421. The summed E-state index contributed by atoms with van der Waals surface area (Å²) in [4.78, 5) is 16.2. The van der Waals surface area contributed by atoms with Crippen LogP contribution < -0.4 is 14.8 Å². The SMILES string of the molecule is COc1cc(OC)c(NC(=O)N2CCCCC[C@@H]2c2cccs2)cc1Cl. The largest absolute Gasteiger partial charge is 0.495 e. The number of methoxy groups -OCH3 is 2. The molecule has 0 aliphatic carbocycles. The van der Waals surface area contributed by atoms with Gasteiger partial charge in [0.05, 0.1) is 31.0 Å². The van der Waals surface area contributed by atoms with Gasteiger partial charge in [0, 0.05) is 17.5 Å². The van der Waals surface area contributed by atoms with E-state index in [1.807, 2.05) is 11.0 Å². The Hall–Kier alpha value is -1.92. The van der Waals surface area contributed by atoms with Crippen LogP contribution in [-0.4, -0.2) is 31.7 Å². The highest BCUT2D eigenvalue weighted by Gasteiger charge is 2.28. The second-order valence-electron chi connectivity index (χ2n) is 6.19. The molecule has 1 aromatic heterocycles. The minimum atomic E-state index is -0.134. The lowest BCUT2D eigenvalue weighted by Gasteiger charge is -2.30. The third kappa shape index (κ3) is 4.07. The van der Waals surface area contributed by atoms with Crippen molar-refractivity contribution in [3.8, 4) is 11.5 Å². The number of rotatable bonds is 4. The van der Waals surface area contributed by atoms with Crippen molar-refractivity contribution in [2.24, 2.45) is 0 Å². The highest BCUT2D eigenvalue weighted by molar-refractivity contribution is 7.10.